The molecule has 0 spiro atoms. The molecular formula is C22H45NO. The molecule has 1 fully saturated rings. The highest BCUT2D eigenvalue weighted by atomic mass is 16.3. The van der Waals surface area contributed by atoms with Crippen molar-refractivity contribution in [3.05, 3.63) is 0 Å². The number of nitrogens with zero attached hydrogens (tertiary/aromatic N) is 1. The Hall–Kier alpha value is -0.0800. The lowest BCUT2D eigenvalue weighted by atomic mass is 10.0. The number of aliphatic hydroxyl groups is 1. The van der Waals surface area contributed by atoms with Crippen molar-refractivity contribution in [2.75, 3.05) is 13.1 Å². The third-order valence-corrected chi connectivity index (χ3v) is 5.63. The summed E-state index contributed by atoms with van der Waals surface area (Å²) in [5.41, 5.74) is 0. The second-order valence-corrected chi connectivity index (χ2v) is 7.96. The first-order valence-electron chi connectivity index (χ1n) is 11.3. The van der Waals surface area contributed by atoms with Gasteiger partial charge in [0, 0.05) is 13.1 Å². The summed E-state index contributed by atoms with van der Waals surface area (Å²) >= 11 is 0. The molecule has 24 heavy (non-hydrogen) atoms. The van der Waals surface area contributed by atoms with Gasteiger partial charge in [0.1, 0.15) is 6.23 Å². The fraction of sp³-hybridized carbons (Fsp3) is 1.00. The maximum absolute atomic E-state index is 10.1. The summed E-state index contributed by atoms with van der Waals surface area (Å²) in [7, 11) is 0. The minimum absolute atomic E-state index is 0.158. The van der Waals surface area contributed by atoms with Gasteiger partial charge in [-0.25, -0.2) is 0 Å². The van der Waals surface area contributed by atoms with Gasteiger partial charge in [-0.15, -0.1) is 0 Å². The highest BCUT2D eigenvalue weighted by molar-refractivity contribution is 4.68. The van der Waals surface area contributed by atoms with Gasteiger partial charge < -0.3 is 5.11 Å². The van der Waals surface area contributed by atoms with E-state index in [-0.39, 0.29) is 6.23 Å². The molecule has 2 heteroatoms. The Kier molecular flexibility index (Phi) is 15.0. The number of rotatable bonds is 17. The molecule has 1 aliphatic heterocycles. The molecular weight excluding hydrogens is 294 g/mol. The van der Waals surface area contributed by atoms with Crippen LogP contribution in [-0.2, 0) is 0 Å². The van der Waals surface area contributed by atoms with E-state index in [9.17, 15) is 5.11 Å². The van der Waals surface area contributed by atoms with Crippen LogP contribution in [0.25, 0.3) is 0 Å². The van der Waals surface area contributed by atoms with Gasteiger partial charge in [-0.1, -0.05) is 96.8 Å². The summed E-state index contributed by atoms with van der Waals surface area (Å²) in [6, 6.07) is 0. The smallest absolute Gasteiger partial charge is 0.107 e. The first kappa shape index (κ1) is 22.0. The van der Waals surface area contributed by atoms with Gasteiger partial charge in [0.2, 0.25) is 0 Å². The van der Waals surface area contributed by atoms with E-state index < -0.39 is 0 Å². The molecule has 0 saturated carbocycles. The summed E-state index contributed by atoms with van der Waals surface area (Å²) in [6.07, 6.45) is 24.5. The second-order valence-electron chi connectivity index (χ2n) is 7.96. The zero-order valence-corrected chi connectivity index (χ0v) is 16.6. The quantitative estimate of drug-likeness (QED) is 0.299. The Morgan fingerprint density at radius 2 is 1.00 bits per heavy atom. The Balaban J connectivity index is 1.70. The molecule has 1 unspecified atom stereocenters. The van der Waals surface area contributed by atoms with Gasteiger partial charge in [0.15, 0.2) is 0 Å². The van der Waals surface area contributed by atoms with Crippen molar-refractivity contribution in [2.24, 2.45) is 0 Å². The second kappa shape index (κ2) is 16.4. The number of unbranched alkanes of at least 4 members (excludes halogenated alkanes) is 14. The third kappa shape index (κ3) is 12.3. The molecule has 0 amide bonds. The normalized spacial score (nSPS) is 16.8. The zero-order valence-electron chi connectivity index (χ0n) is 16.6. The molecule has 0 aliphatic carbocycles. The van der Waals surface area contributed by atoms with Crippen molar-refractivity contribution in [1.29, 1.82) is 0 Å². The van der Waals surface area contributed by atoms with Crippen LogP contribution in [0.2, 0.25) is 0 Å². The molecule has 0 radical (unpaired) electrons. The van der Waals surface area contributed by atoms with Gasteiger partial charge >= 0.3 is 0 Å². The molecule has 0 aromatic carbocycles. The van der Waals surface area contributed by atoms with E-state index in [1.165, 1.54) is 109 Å². The van der Waals surface area contributed by atoms with Crippen LogP contribution in [0.4, 0.5) is 0 Å². The average molecular weight is 340 g/mol. The van der Waals surface area contributed by atoms with E-state index in [1.807, 2.05) is 0 Å². The Bertz CT molecular complexity index is 250. The maximum Gasteiger partial charge on any atom is 0.107 e. The van der Waals surface area contributed by atoms with Crippen molar-refractivity contribution in [2.45, 2.75) is 129 Å². The third-order valence-electron chi connectivity index (χ3n) is 5.63. The van der Waals surface area contributed by atoms with E-state index in [2.05, 4.69) is 11.8 Å². The Morgan fingerprint density at radius 3 is 1.42 bits per heavy atom. The topological polar surface area (TPSA) is 23.5 Å². The highest BCUT2D eigenvalue weighted by Gasteiger charge is 2.18. The molecule has 1 atom stereocenters. The lowest BCUT2D eigenvalue weighted by molar-refractivity contribution is 0.0121. The van der Waals surface area contributed by atoms with Gasteiger partial charge in [-0.2, -0.15) is 0 Å². The van der Waals surface area contributed by atoms with Crippen LogP contribution in [0.3, 0.4) is 0 Å². The van der Waals surface area contributed by atoms with Crippen molar-refractivity contribution >= 4 is 0 Å². The SMILES string of the molecule is CCCCCCCCCCCCCCCCCC(O)N1CCCC1. The summed E-state index contributed by atoms with van der Waals surface area (Å²) < 4.78 is 0. The number of likely N-dealkylation sites (tertiary alicyclic amines) is 1. The molecule has 1 N–H and O–H groups in total. The molecule has 1 aliphatic rings. The Labute approximate surface area is 152 Å². The molecule has 0 aromatic rings. The number of hydrogen-bond donors (Lipinski definition) is 1. The first-order chi connectivity index (χ1) is 11.8. The van der Waals surface area contributed by atoms with Crippen LogP contribution >= 0.6 is 0 Å². The summed E-state index contributed by atoms with van der Waals surface area (Å²) in [4.78, 5) is 2.25. The fourth-order valence-electron chi connectivity index (χ4n) is 3.92. The van der Waals surface area contributed by atoms with E-state index >= 15 is 0 Å². The molecule has 0 aromatic heterocycles. The van der Waals surface area contributed by atoms with E-state index in [4.69, 9.17) is 0 Å². The van der Waals surface area contributed by atoms with Crippen LogP contribution in [-0.4, -0.2) is 29.3 Å². The lowest BCUT2D eigenvalue weighted by Gasteiger charge is -2.22. The van der Waals surface area contributed by atoms with Crippen molar-refractivity contribution < 1.29 is 5.11 Å². The van der Waals surface area contributed by atoms with E-state index in [1.54, 1.807) is 0 Å². The predicted molar refractivity (Wildman–Crippen MR) is 106 cm³/mol. The van der Waals surface area contributed by atoms with Crippen molar-refractivity contribution in [3.63, 3.8) is 0 Å². The largest absolute Gasteiger partial charge is 0.378 e. The molecule has 1 saturated heterocycles. The van der Waals surface area contributed by atoms with Crippen LogP contribution in [0.5, 0.6) is 0 Å². The summed E-state index contributed by atoms with van der Waals surface area (Å²) in [6.45, 7) is 4.51. The monoisotopic (exact) mass is 339 g/mol. The fourth-order valence-corrected chi connectivity index (χ4v) is 3.92. The van der Waals surface area contributed by atoms with Gasteiger partial charge in [-0.3, -0.25) is 4.90 Å². The van der Waals surface area contributed by atoms with E-state index in [0.29, 0.717) is 0 Å². The number of hydrogen-bond acceptors (Lipinski definition) is 2. The lowest BCUT2D eigenvalue weighted by Crippen LogP contribution is -2.32. The molecule has 0 bridgehead atoms. The minimum atomic E-state index is -0.158. The van der Waals surface area contributed by atoms with Crippen LogP contribution in [0.1, 0.15) is 122 Å². The van der Waals surface area contributed by atoms with Crippen LogP contribution in [0, 0.1) is 0 Å². The molecule has 2 nitrogen and oxygen atoms in total. The highest BCUT2D eigenvalue weighted by Crippen LogP contribution is 2.16. The number of aliphatic hydroxyl groups excluding tert-OH is 1. The molecule has 144 valence electrons. The Morgan fingerprint density at radius 1 is 0.625 bits per heavy atom. The zero-order chi connectivity index (χ0) is 17.3. The van der Waals surface area contributed by atoms with Gasteiger partial charge in [0.05, 0.1) is 0 Å². The van der Waals surface area contributed by atoms with Gasteiger partial charge in [-0.05, 0) is 25.7 Å². The molecule has 1 rings (SSSR count). The van der Waals surface area contributed by atoms with Gasteiger partial charge in [0.25, 0.3) is 0 Å². The average Bonchev–Trinajstić information content (AvgIpc) is 3.13. The van der Waals surface area contributed by atoms with Crippen LogP contribution < -0.4 is 0 Å². The van der Waals surface area contributed by atoms with Crippen molar-refractivity contribution in [1.82, 2.24) is 4.90 Å². The predicted octanol–water partition coefficient (Wildman–Crippen LogP) is 6.66. The summed E-state index contributed by atoms with van der Waals surface area (Å²) in [5.74, 6) is 0. The van der Waals surface area contributed by atoms with Crippen molar-refractivity contribution in [3.8, 4) is 0 Å². The maximum atomic E-state index is 10.1. The molecule has 1 heterocycles. The standard InChI is InChI=1S/C22H45NO/c1-2-3-4-5-6-7-8-9-10-11-12-13-14-15-16-19-22(24)23-20-17-18-21-23/h22,24H,2-21H2,1H3. The minimum Gasteiger partial charge on any atom is -0.378 e. The summed E-state index contributed by atoms with van der Waals surface area (Å²) in [5, 5.41) is 10.1. The first-order valence-corrected chi connectivity index (χ1v) is 11.3. The van der Waals surface area contributed by atoms with Crippen LogP contribution in [0.15, 0.2) is 0 Å². The van der Waals surface area contributed by atoms with E-state index in [0.717, 1.165) is 19.5 Å².